The van der Waals surface area contributed by atoms with Crippen molar-refractivity contribution in [2.24, 2.45) is 16.9 Å². The van der Waals surface area contributed by atoms with E-state index in [4.69, 9.17) is 28.4 Å². The summed E-state index contributed by atoms with van der Waals surface area (Å²) in [6.07, 6.45) is 1.14. The van der Waals surface area contributed by atoms with E-state index in [1.165, 1.54) is 0 Å². The van der Waals surface area contributed by atoms with E-state index in [1.807, 2.05) is 31.2 Å². The standard InChI is InChI=1S/C19H22N2O2S/c1-10-4-6-11(7-5-10)14-15-12(22)8-19(2,3)9-13(15)23-17(20)16(14)18(21)24/h4-7,14H,8-9,20H2,1-3H3,(H2,21,24)/t14-/m0/s1. The Balaban J connectivity index is 2.19. The van der Waals surface area contributed by atoms with Crippen molar-refractivity contribution in [3.05, 3.63) is 58.2 Å². The summed E-state index contributed by atoms with van der Waals surface area (Å²) in [7, 11) is 0. The van der Waals surface area contributed by atoms with E-state index in [2.05, 4.69) is 13.8 Å². The monoisotopic (exact) mass is 342 g/mol. The molecule has 0 radical (unpaired) electrons. The molecule has 5 heteroatoms. The van der Waals surface area contributed by atoms with Crippen molar-refractivity contribution in [2.75, 3.05) is 0 Å². The molecule has 0 aromatic heterocycles. The van der Waals surface area contributed by atoms with Crippen molar-refractivity contribution in [1.82, 2.24) is 0 Å². The molecule has 1 aliphatic heterocycles. The number of rotatable bonds is 2. The molecule has 1 heterocycles. The molecule has 0 amide bonds. The molecule has 4 nitrogen and oxygen atoms in total. The molecule has 0 fully saturated rings. The number of benzene rings is 1. The first-order valence-corrected chi connectivity index (χ1v) is 8.40. The van der Waals surface area contributed by atoms with Crippen LogP contribution in [0, 0.1) is 12.3 Å². The van der Waals surface area contributed by atoms with Crippen LogP contribution in [0.1, 0.15) is 43.7 Å². The Morgan fingerprint density at radius 2 is 1.88 bits per heavy atom. The zero-order valence-corrected chi connectivity index (χ0v) is 15.0. The molecule has 0 spiro atoms. The van der Waals surface area contributed by atoms with Gasteiger partial charge in [-0.15, -0.1) is 0 Å². The van der Waals surface area contributed by atoms with E-state index < -0.39 is 0 Å². The van der Waals surface area contributed by atoms with Crippen LogP contribution in [-0.2, 0) is 9.53 Å². The minimum Gasteiger partial charge on any atom is -0.445 e. The number of carbonyl (C=O) groups is 1. The smallest absolute Gasteiger partial charge is 0.197 e. The van der Waals surface area contributed by atoms with Crippen LogP contribution in [0.5, 0.6) is 0 Å². The van der Waals surface area contributed by atoms with Crippen LogP contribution < -0.4 is 11.5 Å². The van der Waals surface area contributed by atoms with Gasteiger partial charge in [0.1, 0.15) is 10.7 Å². The molecule has 1 aromatic carbocycles. The minimum atomic E-state index is -0.351. The fourth-order valence-corrected chi connectivity index (χ4v) is 3.74. The third kappa shape index (κ3) is 2.84. The second kappa shape index (κ2) is 5.74. The maximum Gasteiger partial charge on any atom is 0.197 e. The quantitative estimate of drug-likeness (QED) is 0.807. The van der Waals surface area contributed by atoms with Crippen LogP contribution in [0.2, 0.25) is 0 Å². The van der Waals surface area contributed by atoms with E-state index >= 15 is 0 Å². The van der Waals surface area contributed by atoms with Crippen molar-refractivity contribution in [3.63, 3.8) is 0 Å². The van der Waals surface area contributed by atoms with Gasteiger partial charge in [-0.2, -0.15) is 0 Å². The van der Waals surface area contributed by atoms with Crippen molar-refractivity contribution in [2.45, 2.75) is 39.5 Å². The topological polar surface area (TPSA) is 78.3 Å². The van der Waals surface area contributed by atoms with Crippen molar-refractivity contribution < 1.29 is 9.53 Å². The lowest BCUT2D eigenvalue weighted by atomic mass is 9.70. The minimum absolute atomic E-state index is 0.0769. The van der Waals surface area contributed by atoms with Crippen molar-refractivity contribution >= 4 is 23.0 Å². The molecule has 0 saturated carbocycles. The van der Waals surface area contributed by atoms with Crippen LogP contribution in [0.25, 0.3) is 0 Å². The number of thiocarbonyl (C=S) groups is 1. The highest BCUT2D eigenvalue weighted by Gasteiger charge is 2.43. The second-order valence-corrected chi connectivity index (χ2v) is 7.81. The largest absolute Gasteiger partial charge is 0.445 e. The lowest BCUT2D eigenvalue weighted by molar-refractivity contribution is -0.119. The molecule has 1 atom stereocenters. The molecule has 0 bridgehead atoms. The average Bonchev–Trinajstić information content (AvgIpc) is 2.44. The number of hydrogen-bond acceptors (Lipinski definition) is 4. The Labute approximate surface area is 147 Å². The summed E-state index contributed by atoms with van der Waals surface area (Å²) in [6, 6.07) is 8.01. The maximum absolute atomic E-state index is 12.9. The zero-order valence-electron chi connectivity index (χ0n) is 14.2. The molecule has 24 heavy (non-hydrogen) atoms. The summed E-state index contributed by atoms with van der Waals surface area (Å²) in [5, 5.41) is 0. The second-order valence-electron chi connectivity index (χ2n) is 7.37. The maximum atomic E-state index is 12.9. The number of nitrogens with two attached hydrogens (primary N) is 2. The van der Waals surface area contributed by atoms with Crippen LogP contribution >= 0.6 is 12.2 Å². The number of ketones is 1. The highest BCUT2D eigenvalue weighted by molar-refractivity contribution is 7.80. The van der Waals surface area contributed by atoms with Gasteiger partial charge in [-0.3, -0.25) is 4.79 Å². The van der Waals surface area contributed by atoms with Gasteiger partial charge in [0.25, 0.3) is 0 Å². The van der Waals surface area contributed by atoms with Gasteiger partial charge >= 0.3 is 0 Å². The van der Waals surface area contributed by atoms with E-state index in [-0.39, 0.29) is 28.0 Å². The fourth-order valence-electron chi connectivity index (χ4n) is 3.52. The van der Waals surface area contributed by atoms with Gasteiger partial charge < -0.3 is 16.2 Å². The SMILES string of the molecule is Cc1ccc([C@@H]2C(C(N)=S)=C(N)OC3=C2C(=O)CC(C)(C)C3)cc1. The lowest BCUT2D eigenvalue weighted by Crippen LogP contribution is -2.36. The van der Waals surface area contributed by atoms with Gasteiger partial charge in [0.15, 0.2) is 11.7 Å². The number of carbonyl (C=O) groups excluding carboxylic acids is 1. The highest BCUT2D eigenvalue weighted by Crippen LogP contribution is 2.48. The molecular formula is C19H22N2O2S. The number of ether oxygens (including phenoxy) is 1. The first-order chi connectivity index (χ1) is 11.2. The highest BCUT2D eigenvalue weighted by atomic mass is 32.1. The predicted molar refractivity (Wildman–Crippen MR) is 98.1 cm³/mol. The average molecular weight is 342 g/mol. The van der Waals surface area contributed by atoms with Crippen molar-refractivity contribution in [3.8, 4) is 0 Å². The molecule has 0 unspecified atom stereocenters. The van der Waals surface area contributed by atoms with Gasteiger partial charge in [-0.1, -0.05) is 55.9 Å². The summed E-state index contributed by atoms with van der Waals surface area (Å²) in [5.41, 5.74) is 15.2. The molecule has 1 aromatic rings. The normalized spacial score (nSPS) is 23.0. The number of aryl methyl sites for hydroxylation is 1. The number of allylic oxidation sites excluding steroid dienone is 2. The van der Waals surface area contributed by atoms with Gasteiger partial charge in [0, 0.05) is 24.3 Å². The Hall–Kier alpha value is -2.14. The first kappa shape index (κ1) is 16.7. The van der Waals surface area contributed by atoms with Crippen LogP contribution in [0.15, 0.2) is 47.1 Å². The molecule has 4 N–H and O–H groups in total. The van der Waals surface area contributed by atoms with E-state index in [0.29, 0.717) is 29.7 Å². The molecule has 0 saturated heterocycles. The fraction of sp³-hybridized carbons (Fsp3) is 0.368. The van der Waals surface area contributed by atoms with Crippen molar-refractivity contribution in [1.29, 1.82) is 0 Å². The zero-order chi connectivity index (χ0) is 17.6. The van der Waals surface area contributed by atoms with Gasteiger partial charge in [0.05, 0.1) is 5.57 Å². The van der Waals surface area contributed by atoms with E-state index in [0.717, 1.165) is 11.1 Å². The van der Waals surface area contributed by atoms with E-state index in [9.17, 15) is 4.79 Å². The van der Waals surface area contributed by atoms with Crippen LogP contribution in [0.3, 0.4) is 0 Å². The van der Waals surface area contributed by atoms with Gasteiger partial charge in [-0.05, 0) is 17.9 Å². The summed E-state index contributed by atoms with van der Waals surface area (Å²) in [5.74, 6) is 0.583. The van der Waals surface area contributed by atoms with Crippen LogP contribution in [-0.4, -0.2) is 10.8 Å². The Bertz CT molecular complexity index is 788. The Morgan fingerprint density at radius 1 is 1.25 bits per heavy atom. The molecule has 3 rings (SSSR count). The third-order valence-electron chi connectivity index (χ3n) is 4.63. The lowest BCUT2D eigenvalue weighted by Gasteiger charge is -2.38. The summed E-state index contributed by atoms with van der Waals surface area (Å²) >= 11 is 5.20. The van der Waals surface area contributed by atoms with Gasteiger partial charge in [0.2, 0.25) is 0 Å². The summed E-state index contributed by atoms with van der Waals surface area (Å²) < 4.78 is 5.79. The number of Topliss-reactive ketones (excluding diaryl/α,β-unsaturated/α-hetero) is 1. The molecular weight excluding hydrogens is 320 g/mol. The molecule has 126 valence electrons. The third-order valence-corrected chi connectivity index (χ3v) is 4.85. The Kier molecular flexibility index (Phi) is 4.00. The first-order valence-electron chi connectivity index (χ1n) is 8.00. The van der Waals surface area contributed by atoms with Gasteiger partial charge in [-0.25, -0.2) is 0 Å². The summed E-state index contributed by atoms with van der Waals surface area (Å²) in [4.78, 5) is 13.1. The predicted octanol–water partition coefficient (Wildman–Crippen LogP) is 3.21. The summed E-state index contributed by atoms with van der Waals surface area (Å²) in [6.45, 7) is 6.13. The van der Waals surface area contributed by atoms with Crippen LogP contribution in [0.4, 0.5) is 0 Å². The number of hydrogen-bond donors (Lipinski definition) is 2. The molecule has 2 aliphatic rings. The Morgan fingerprint density at radius 3 is 2.46 bits per heavy atom. The van der Waals surface area contributed by atoms with E-state index in [1.54, 1.807) is 0 Å². The molecule has 1 aliphatic carbocycles.